The van der Waals surface area contributed by atoms with Crippen molar-refractivity contribution in [3.05, 3.63) is 29.3 Å². The Morgan fingerprint density at radius 1 is 1.25 bits per heavy atom. The standard InChI is InChI=1S/C18H27NO/c1-3-18(11-4-5-12-18)17(19-2)15-10-6-8-14-9-7-13-20-16(14)15/h6,8,10,17,19H,3-5,7,9,11-13H2,1-2H3. The first-order valence-electron chi connectivity index (χ1n) is 8.22. The van der Waals surface area contributed by atoms with Gasteiger partial charge >= 0.3 is 0 Å². The Morgan fingerprint density at radius 3 is 2.75 bits per heavy atom. The van der Waals surface area contributed by atoms with Crippen LogP contribution in [0.3, 0.4) is 0 Å². The molecule has 1 saturated carbocycles. The van der Waals surface area contributed by atoms with Crippen LogP contribution in [0.2, 0.25) is 0 Å². The zero-order valence-electron chi connectivity index (χ0n) is 12.9. The van der Waals surface area contributed by atoms with E-state index >= 15 is 0 Å². The minimum absolute atomic E-state index is 0.421. The first-order chi connectivity index (χ1) is 9.80. The summed E-state index contributed by atoms with van der Waals surface area (Å²) in [5.74, 6) is 1.18. The van der Waals surface area contributed by atoms with E-state index in [1.54, 1.807) is 0 Å². The summed E-state index contributed by atoms with van der Waals surface area (Å²) in [7, 11) is 2.11. The van der Waals surface area contributed by atoms with Crippen molar-refractivity contribution in [2.45, 2.75) is 57.9 Å². The summed E-state index contributed by atoms with van der Waals surface area (Å²) in [6, 6.07) is 7.16. The molecule has 2 aliphatic rings. The Morgan fingerprint density at radius 2 is 2.05 bits per heavy atom. The summed E-state index contributed by atoms with van der Waals surface area (Å²) < 4.78 is 6.05. The van der Waals surface area contributed by atoms with Crippen LogP contribution in [-0.4, -0.2) is 13.7 Å². The van der Waals surface area contributed by atoms with Gasteiger partial charge in [-0.2, -0.15) is 0 Å². The van der Waals surface area contributed by atoms with Gasteiger partial charge in [0, 0.05) is 11.6 Å². The van der Waals surface area contributed by atoms with Crippen molar-refractivity contribution in [1.29, 1.82) is 0 Å². The second-order valence-corrected chi connectivity index (χ2v) is 6.43. The van der Waals surface area contributed by atoms with Gasteiger partial charge in [-0.15, -0.1) is 0 Å². The number of rotatable bonds is 4. The average molecular weight is 273 g/mol. The number of hydrogen-bond acceptors (Lipinski definition) is 2. The molecule has 1 atom stereocenters. The molecule has 1 fully saturated rings. The molecule has 0 amide bonds. The fourth-order valence-electron chi connectivity index (χ4n) is 4.36. The van der Waals surface area contributed by atoms with Gasteiger partial charge in [0.15, 0.2) is 0 Å². The summed E-state index contributed by atoms with van der Waals surface area (Å²) in [5.41, 5.74) is 3.22. The van der Waals surface area contributed by atoms with Crippen molar-refractivity contribution in [3.8, 4) is 5.75 Å². The van der Waals surface area contributed by atoms with Crippen LogP contribution < -0.4 is 10.1 Å². The average Bonchev–Trinajstić information content (AvgIpc) is 2.98. The summed E-state index contributed by atoms with van der Waals surface area (Å²) in [6.07, 6.45) is 9.02. The molecular formula is C18H27NO. The van der Waals surface area contributed by atoms with E-state index in [2.05, 4.69) is 37.5 Å². The molecule has 0 aromatic heterocycles. The molecule has 1 aliphatic heterocycles. The number of aryl methyl sites for hydroxylation is 1. The number of benzene rings is 1. The van der Waals surface area contributed by atoms with E-state index in [1.165, 1.54) is 55.4 Å². The first kappa shape index (κ1) is 13.9. The minimum atomic E-state index is 0.421. The van der Waals surface area contributed by atoms with Crippen molar-refractivity contribution >= 4 is 0 Å². The lowest BCUT2D eigenvalue weighted by Crippen LogP contribution is -2.35. The topological polar surface area (TPSA) is 21.3 Å². The van der Waals surface area contributed by atoms with E-state index in [1.807, 2.05) is 0 Å². The zero-order chi connectivity index (χ0) is 14.0. The molecule has 0 radical (unpaired) electrons. The predicted molar refractivity (Wildman–Crippen MR) is 83.3 cm³/mol. The molecule has 2 heteroatoms. The van der Waals surface area contributed by atoms with Crippen molar-refractivity contribution in [1.82, 2.24) is 5.32 Å². The van der Waals surface area contributed by atoms with Gasteiger partial charge in [-0.05, 0) is 50.1 Å². The van der Waals surface area contributed by atoms with Crippen LogP contribution in [0.1, 0.15) is 62.6 Å². The lowest BCUT2D eigenvalue weighted by molar-refractivity contribution is 0.187. The fraction of sp³-hybridized carbons (Fsp3) is 0.667. The molecule has 0 bridgehead atoms. The lowest BCUT2D eigenvalue weighted by atomic mass is 9.73. The number of hydrogen-bond donors (Lipinski definition) is 1. The highest BCUT2D eigenvalue weighted by Crippen LogP contribution is 2.52. The van der Waals surface area contributed by atoms with Gasteiger partial charge in [-0.25, -0.2) is 0 Å². The predicted octanol–water partition coefficient (Wildman–Crippen LogP) is 4.24. The van der Waals surface area contributed by atoms with E-state index in [0.29, 0.717) is 11.5 Å². The molecule has 0 saturated heterocycles. The van der Waals surface area contributed by atoms with Crippen LogP contribution in [-0.2, 0) is 6.42 Å². The van der Waals surface area contributed by atoms with Crippen molar-refractivity contribution < 1.29 is 4.74 Å². The van der Waals surface area contributed by atoms with Gasteiger partial charge in [0.05, 0.1) is 6.61 Å². The van der Waals surface area contributed by atoms with Crippen LogP contribution in [0, 0.1) is 5.41 Å². The Hall–Kier alpha value is -1.02. The lowest BCUT2D eigenvalue weighted by Gasteiger charge is -2.38. The quantitative estimate of drug-likeness (QED) is 0.886. The normalized spacial score (nSPS) is 22.1. The molecule has 110 valence electrons. The zero-order valence-corrected chi connectivity index (χ0v) is 12.9. The molecule has 1 aliphatic carbocycles. The molecule has 1 aromatic carbocycles. The molecule has 1 heterocycles. The van der Waals surface area contributed by atoms with Crippen molar-refractivity contribution in [3.63, 3.8) is 0 Å². The second kappa shape index (κ2) is 5.77. The summed E-state index contributed by atoms with van der Waals surface area (Å²) in [5, 5.41) is 3.62. The molecule has 1 aromatic rings. The highest BCUT2D eigenvalue weighted by atomic mass is 16.5. The Labute approximate surface area is 122 Å². The van der Waals surface area contributed by atoms with E-state index < -0.39 is 0 Å². The molecule has 1 N–H and O–H groups in total. The monoisotopic (exact) mass is 273 g/mol. The molecular weight excluding hydrogens is 246 g/mol. The maximum Gasteiger partial charge on any atom is 0.127 e. The SMILES string of the molecule is CCC1(C(NC)c2cccc3c2OCCC3)CCCC1. The van der Waals surface area contributed by atoms with Gasteiger partial charge in [0.25, 0.3) is 0 Å². The first-order valence-corrected chi connectivity index (χ1v) is 8.22. The van der Waals surface area contributed by atoms with Gasteiger partial charge in [-0.3, -0.25) is 0 Å². The minimum Gasteiger partial charge on any atom is -0.493 e. The van der Waals surface area contributed by atoms with E-state index in [9.17, 15) is 0 Å². The molecule has 3 rings (SSSR count). The third-order valence-corrected chi connectivity index (χ3v) is 5.48. The Kier molecular flexibility index (Phi) is 4.02. The third-order valence-electron chi connectivity index (χ3n) is 5.48. The highest BCUT2D eigenvalue weighted by Gasteiger charge is 2.41. The van der Waals surface area contributed by atoms with Crippen molar-refractivity contribution in [2.75, 3.05) is 13.7 Å². The maximum atomic E-state index is 6.05. The van der Waals surface area contributed by atoms with Gasteiger partial charge in [0.2, 0.25) is 0 Å². The summed E-state index contributed by atoms with van der Waals surface area (Å²) in [6.45, 7) is 3.23. The highest BCUT2D eigenvalue weighted by molar-refractivity contribution is 5.45. The number of nitrogens with one attached hydrogen (secondary N) is 1. The fourth-order valence-corrected chi connectivity index (χ4v) is 4.36. The van der Waals surface area contributed by atoms with E-state index in [-0.39, 0.29) is 0 Å². The molecule has 0 spiro atoms. The summed E-state index contributed by atoms with van der Waals surface area (Å²) in [4.78, 5) is 0. The van der Waals surface area contributed by atoms with Crippen LogP contribution in [0.25, 0.3) is 0 Å². The van der Waals surface area contributed by atoms with Gasteiger partial charge < -0.3 is 10.1 Å². The number of para-hydroxylation sites is 1. The van der Waals surface area contributed by atoms with Crippen LogP contribution in [0.5, 0.6) is 5.75 Å². The van der Waals surface area contributed by atoms with E-state index in [4.69, 9.17) is 4.74 Å². The number of ether oxygens (including phenoxy) is 1. The van der Waals surface area contributed by atoms with Gasteiger partial charge in [0.1, 0.15) is 5.75 Å². The van der Waals surface area contributed by atoms with Crippen LogP contribution in [0.15, 0.2) is 18.2 Å². The Balaban J connectivity index is 2.01. The number of fused-ring (bicyclic) bond motifs is 1. The maximum absolute atomic E-state index is 6.05. The molecule has 2 nitrogen and oxygen atoms in total. The largest absolute Gasteiger partial charge is 0.493 e. The van der Waals surface area contributed by atoms with Crippen molar-refractivity contribution in [2.24, 2.45) is 5.41 Å². The molecule has 1 unspecified atom stereocenters. The smallest absolute Gasteiger partial charge is 0.127 e. The summed E-state index contributed by atoms with van der Waals surface area (Å²) >= 11 is 0. The van der Waals surface area contributed by atoms with E-state index in [0.717, 1.165) is 13.0 Å². The van der Waals surface area contributed by atoms with Crippen LogP contribution in [0.4, 0.5) is 0 Å². The molecule has 20 heavy (non-hydrogen) atoms. The van der Waals surface area contributed by atoms with Crippen LogP contribution >= 0.6 is 0 Å². The Bertz CT molecular complexity index is 462. The third kappa shape index (κ3) is 2.24. The van der Waals surface area contributed by atoms with Gasteiger partial charge in [-0.1, -0.05) is 38.0 Å². The second-order valence-electron chi connectivity index (χ2n) is 6.43.